The van der Waals surface area contributed by atoms with Gasteiger partial charge in [-0.05, 0) is 25.0 Å². The highest BCUT2D eigenvalue weighted by molar-refractivity contribution is 5.95. The van der Waals surface area contributed by atoms with Gasteiger partial charge in [-0.1, -0.05) is 19.9 Å². The van der Waals surface area contributed by atoms with Crippen molar-refractivity contribution in [3.63, 3.8) is 0 Å². The number of benzene rings is 1. The summed E-state index contributed by atoms with van der Waals surface area (Å²) in [7, 11) is 0. The molecule has 0 aromatic heterocycles. The van der Waals surface area contributed by atoms with E-state index in [2.05, 4.69) is 11.9 Å². The van der Waals surface area contributed by atoms with Crippen molar-refractivity contribution in [1.82, 2.24) is 0 Å². The zero-order valence-electron chi connectivity index (χ0n) is 13.8. The van der Waals surface area contributed by atoms with Crippen LogP contribution in [0.1, 0.15) is 20.8 Å². The van der Waals surface area contributed by atoms with Gasteiger partial charge in [-0.2, -0.15) is 0 Å². The maximum atomic E-state index is 13.6. The predicted molar refractivity (Wildman–Crippen MR) is 85.3 cm³/mol. The summed E-state index contributed by atoms with van der Waals surface area (Å²) in [5.41, 5.74) is -0.195. The second kappa shape index (κ2) is 9.12. The Kier molecular flexibility index (Phi) is 7.51. The first-order valence-electron chi connectivity index (χ1n) is 7.45. The third kappa shape index (κ3) is 5.73. The molecule has 2 atom stereocenters. The molecule has 2 unspecified atom stereocenters. The molecule has 0 spiro atoms. The fourth-order valence-electron chi connectivity index (χ4n) is 1.79. The van der Waals surface area contributed by atoms with Crippen LogP contribution in [0.5, 0.6) is 0 Å². The average Bonchev–Trinajstić information content (AvgIpc) is 2.52. The first-order valence-corrected chi connectivity index (χ1v) is 7.45. The number of rotatable bonds is 8. The fraction of sp³-hybridized carbons (Fsp3) is 0.412. The minimum Gasteiger partial charge on any atom is -0.450 e. The first-order chi connectivity index (χ1) is 11.3. The lowest BCUT2D eigenvalue weighted by atomic mass is 10.1. The van der Waals surface area contributed by atoms with Gasteiger partial charge in [0.1, 0.15) is 11.6 Å². The Hall–Kier alpha value is -2.28. The number of hydrogen-bond acceptors (Lipinski definition) is 4. The van der Waals surface area contributed by atoms with Crippen LogP contribution in [0, 0.1) is 17.6 Å². The Bertz CT molecular complexity index is 604. The second-order valence-electron chi connectivity index (χ2n) is 5.48. The van der Waals surface area contributed by atoms with Gasteiger partial charge in [-0.15, -0.1) is 6.58 Å². The van der Waals surface area contributed by atoms with Crippen LogP contribution in [0.2, 0.25) is 0 Å². The van der Waals surface area contributed by atoms with Crippen molar-refractivity contribution >= 4 is 17.6 Å². The predicted octanol–water partition coefficient (Wildman–Crippen LogP) is 3.06. The Labute approximate surface area is 139 Å². The Balaban J connectivity index is 2.78. The molecule has 0 heterocycles. The van der Waals surface area contributed by atoms with Gasteiger partial charge in [0.15, 0.2) is 12.2 Å². The molecule has 0 saturated heterocycles. The Morgan fingerprint density at radius 2 is 1.96 bits per heavy atom. The van der Waals surface area contributed by atoms with Crippen molar-refractivity contribution in [3.8, 4) is 0 Å². The van der Waals surface area contributed by atoms with Crippen LogP contribution >= 0.6 is 0 Å². The number of esters is 1. The standard InChI is InChI=1S/C17H21F2NO4/c1-5-8-23-11(4)17(22)24-15(10(2)3)16(21)20-14-7-6-12(18)9-13(14)19/h5-7,9-11,15H,1,8H2,2-4H3,(H,20,21). The van der Waals surface area contributed by atoms with Crippen LogP contribution in [0.15, 0.2) is 30.9 Å². The normalized spacial score (nSPS) is 13.2. The highest BCUT2D eigenvalue weighted by Crippen LogP contribution is 2.17. The molecule has 24 heavy (non-hydrogen) atoms. The van der Waals surface area contributed by atoms with E-state index in [0.717, 1.165) is 12.1 Å². The van der Waals surface area contributed by atoms with Crippen molar-refractivity contribution in [1.29, 1.82) is 0 Å². The minimum absolute atomic E-state index is 0.162. The number of nitrogens with one attached hydrogen (secondary N) is 1. The summed E-state index contributed by atoms with van der Waals surface area (Å²) in [6.45, 7) is 8.47. The van der Waals surface area contributed by atoms with Crippen molar-refractivity contribution in [3.05, 3.63) is 42.5 Å². The number of amides is 1. The topological polar surface area (TPSA) is 64.6 Å². The number of hydrogen-bond donors (Lipinski definition) is 1. The molecule has 1 N–H and O–H groups in total. The summed E-state index contributed by atoms with van der Waals surface area (Å²) in [4.78, 5) is 24.2. The molecule has 132 valence electrons. The largest absolute Gasteiger partial charge is 0.450 e. The molecular formula is C17H21F2NO4. The number of anilines is 1. The molecule has 0 bridgehead atoms. The summed E-state index contributed by atoms with van der Waals surface area (Å²) >= 11 is 0. The van der Waals surface area contributed by atoms with Gasteiger partial charge in [0, 0.05) is 6.07 Å². The Morgan fingerprint density at radius 1 is 1.29 bits per heavy atom. The quantitative estimate of drug-likeness (QED) is 0.583. The molecule has 1 amide bonds. The van der Waals surface area contributed by atoms with E-state index in [9.17, 15) is 18.4 Å². The number of carbonyl (C=O) groups excluding carboxylic acids is 2. The number of halogens is 2. The van der Waals surface area contributed by atoms with Gasteiger partial charge in [-0.25, -0.2) is 13.6 Å². The smallest absolute Gasteiger partial charge is 0.335 e. The van der Waals surface area contributed by atoms with Crippen LogP contribution < -0.4 is 5.32 Å². The SMILES string of the molecule is C=CCOC(C)C(=O)OC(C(=O)Nc1ccc(F)cc1F)C(C)C. The van der Waals surface area contributed by atoms with Crippen LogP contribution in [-0.4, -0.2) is 30.7 Å². The van der Waals surface area contributed by atoms with Gasteiger partial charge in [0.2, 0.25) is 0 Å². The van der Waals surface area contributed by atoms with Crippen LogP contribution in [0.4, 0.5) is 14.5 Å². The summed E-state index contributed by atoms with van der Waals surface area (Å²) in [5, 5.41) is 2.29. The lowest BCUT2D eigenvalue weighted by molar-refractivity contribution is -0.166. The van der Waals surface area contributed by atoms with Gasteiger partial charge in [0.05, 0.1) is 12.3 Å². The Morgan fingerprint density at radius 3 is 2.50 bits per heavy atom. The molecule has 1 aromatic rings. The summed E-state index contributed by atoms with van der Waals surface area (Å²) in [6.07, 6.45) is -0.537. The van der Waals surface area contributed by atoms with Gasteiger partial charge < -0.3 is 14.8 Å². The van der Waals surface area contributed by atoms with Crippen LogP contribution in [0.3, 0.4) is 0 Å². The van der Waals surface area contributed by atoms with Crippen LogP contribution in [-0.2, 0) is 19.1 Å². The molecule has 7 heteroatoms. The molecule has 0 aliphatic rings. The van der Waals surface area contributed by atoms with E-state index in [1.165, 1.54) is 13.0 Å². The molecule has 0 saturated carbocycles. The summed E-state index contributed by atoms with van der Waals surface area (Å²) in [5.74, 6) is -3.46. The lowest BCUT2D eigenvalue weighted by Gasteiger charge is -2.22. The van der Waals surface area contributed by atoms with E-state index in [0.29, 0.717) is 6.07 Å². The summed E-state index contributed by atoms with van der Waals surface area (Å²) < 4.78 is 36.8. The van der Waals surface area contributed by atoms with Gasteiger partial charge >= 0.3 is 5.97 Å². The molecule has 0 fully saturated rings. The van der Waals surface area contributed by atoms with E-state index in [1.807, 2.05) is 0 Å². The molecule has 5 nitrogen and oxygen atoms in total. The van der Waals surface area contributed by atoms with E-state index in [4.69, 9.17) is 9.47 Å². The fourth-order valence-corrected chi connectivity index (χ4v) is 1.79. The highest BCUT2D eigenvalue weighted by atomic mass is 19.1. The molecular weight excluding hydrogens is 320 g/mol. The second-order valence-corrected chi connectivity index (χ2v) is 5.48. The van der Waals surface area contributed by atoms with Crippen molar-refractivity contribution in [2.75, 3.05) is 11.9 Å². The van der Waals surface area contributed by atoms with Crippen molar-refractivity contribution in [2.24, 2.45) is 5.92 Å². The van der Waals surface area contributed by atoms with E-state index >= 15 is 0 Å². The van der Waals surface area contributed by atoms with E-state index < -0.39 is 35.7 Å². The zero-order valence-corrected chi connectivity index (χ0v) is 13.8. The molecule has 0 aliphatic carbocycles. The molecule has 0 radical (unpaired) electrons. The summed E-state index contributed by atoms with van der Waals surface area (Å²) in [6, 6.07) is 2.76. The van der Waals surface area contributed by atoms with Crippen LogP contribution in [0.25, 0.3) is 0 Å². The van der Waals surface area contributed by atoms with E-state index in [-0.39, 0.29) is 18.2 Å². The average molecular weight is 341 g/mol. The van der Waals surface area contributed by atoms with Gasteiger partial charge in [-0.3, -0.25) is 4.79 Å². The molecule has 1 rings (SSSR count). The number of ether oxygens (including phenoxy) is 2. The maximum Gasteiger partial charge on any atom is 0.335 e. The lowest BCUT2D eigenvalue weighted by Crippen LogP contribution is -2.39. The molecule has 0 aliphatic heterocycles. The van der Waals surface area contributed by atoms with Crippen molar-refractivity contribution in [2.45, 2.75) is 33.0 Å². The highest BCUT2D eigenvalue weighted by Gasteiger charge is 2.29. The third-order valence-electron chi connectivity index (χ3n) is 3.09. The third-order valence-corrected chi connectivity index (χ3v) is 3.09. The maximum absolute atomic E-state index is 13.6. The number of carbonyl (C=O) groups is 2. The van der Waals surface area contributed by atoms with Crippen molar-refractivity contribution < 1.29 is 27.8 Å². The first kappa shape index (κ1) is 19.8. The van der Waals surface area contributed by atoms with Gasteiger partial charge in [0.25, 0.3) is 5.91 Å². The minimum atomic E-state index is -1.14. The molecule has 1 aromatic carbocycles. The monoisotopic (exact) mass is 341 g/mol. The zero-order chi connectivity index (χ0) is 18.3. The van der Waals surface area contributed by atoms with E-state index in [1.54, 1.807) is 13.8 Å².